The van der Waals surface area contributed by atoms with Crippen LogP contribution in [0, 0.1) is 10.1 Å². The minimum absolute atomic E-state index is 0.0620. The summed E-state index contributed by atoms with van der Waals surface area (Å²) >= 11 is 0. The van der Waals surface area contributed by atoms with Gasteiger partial charge in [0.05, 0.1) is 4.92 Å². The highest BCUT2D eigenvalue weighted by Crippen LogP contribution is 2.14. The Morgan fingerprint density at radius 2 is 2.11 bits per heavy atom. The Bertz CT molecular complexity index is 454. The molecule has 0 radical (unpaired) electrons. The van der Waals surface area contributed by atoms with Crippen molar-refractivity contribution in [2.24, 2.45) is 0 Å². The van der Waals surface area contributed by atoms with Crippen molar-refractivity contribution >= 4 is 11.6 Å². The third-order valence-electron chi connectivity index (χ3n) is 2.76. The highest BCUT2D eigenvalue weighted by atomic mass is 16.8. The number of nitro benzene ring substituents is 1. The molecule has 1 aliphatic rings. The molecule has 102 valence electrons. The molecule has 19 heavy (non-hydrogen) atoms. The van der Waals surface area contributed by atoms with Crippen LogP contribution in [0.5, 0.6) is 0 Å². The fraction of sp³-hybridized carbons (Fsp3) is 0.417. The molecule has 0 aliphatic carbocycles. The number of nitrogens with one attached hydrogen (secondary N) is 1. The maximum Gasteiger partial charge on any atom is 0.274 e. The Balaban J connectivity index is 1.86. The van der Waals surface area contributed by atoms with E-state index in [-0.39, 0.29) is 5.69 Å². The van der Waals surface area contributed by atoms with Crippen molar-refractivity contribution in [3.63, 3.8) is 0 Å². The van der Waals surface area contributed by atoms with Crippen molar-refractivity contribution < 1.29 is 19.3 Å². The third kappa shape index (κ3) is 3.73. The number of carbonyl (C=O) groups is 1. The highest BCUT2D eigenvalue weighted by Gasteiger charge is 2.16. The van der Waals surface area contributed by atoms with Crippen LogP contribution in [0.3, 0.4) is 0 Å². The maximum atomic E-state index is 11.7. The smallest absolute Gasteiger partial charge is 0.274 e. The summed E-state index contributed by atoms with van der Waals surface area (Å²) in [6.07, 6.45) is 2.31. The zero-order valence-electron chi connectivity index (χ0n) is 10.2. The lowest BCUT2D eigenvalue weighted by atomic mass is 10.2. The standard InChI is InChI=1S/C12H14N2O5/c15-12(13-19-11-3-1-2-8-18-11)9-4-6-10(7-5-9)14(16)17/h4-7,11H,1-3,8H2,(H,13,15)/t11-/m0/s1. The topological polar surface area (TPSA) is 90.7 Å². The normalized spacial score (nSPS) is 18.8. The van der Waals surface area contributed by atoms with Gasteiger partial charge in [-0.2, -0.15) is 0 Å². The molecule has 1 atom stereocenters. The fourth-order valence-corrected chi connectivity index (χ4v) is 1.72. The molecule has 0 saturated carbocycles. The largest absolute Gasteiger partial charge is 0.350 e. The van der Waals surface area contributed by atoms with Gasteiger partial charge in [0.25, 0.3) is 11.6 Å². The van der Waals surface area contributed by atoms with E-state index < -0.39 is 17.1 Å². The summed E-state index contributed by atoms with van der Waals surface area (Å²) in [6, 6.07) is 5.29. The molecular weight excluding hydrogens is 252 g/mol. The van der Waals surface area contributed by atoms with E-state index in [1.54, 1.807) is 0 Å². The van der Waals surface area contributed by atoms with Gasteiger partial charge in [0.15, 0.2) is 6.29 Å². The monoisotopic (exact) mass is 266 g/mol. The molecule has 7 nitrogen and oxygen atoms in total. The molecule has 1 N–H and O–H groups in total. The lowest BCUT2D eigenvalue weighted by Crippen LogP contribution is -2.33. The number of carbonyl (C=O) groups excluding carboxylic acids is 1. The van der Waals surface area contributed by atoms with Crippen LogP contribution >= 0.6 is 0 Å². The predicted molar refractivity (Wildman–Crippen MR) is 65.2 cm³/mol. The molecule has 7 heteroatoms. The molecular formula is C12H14N2O5. The molecule has 1 fully saturated rings. The maximum absolute atomic E-state index is 11.7. The number of hydrogen-bond acceptors (Lipinski definition) is 5. The number of ether oxygens (including phenoxy) is 1. The average Bonchev–Trinajstić information content (AvgIpc) is 2.46. The summed E-state index contributed by atoms with van der Waals surface area (Å²) in [7, 11) is 0. The van der Waals surface area contributed by atoms with Crippen LogP contribution in [0.15, 0.2) is 24.3 Å². The Hall–Kier alpha value is -1.99. The van der Waals surface area contributed by atoms with Crippen LogP contribution in [0.4, 0.5) is 5.69 Å². The van der Waals surface area contributed by atoms with Crippen molar-refractivity contribution in [3.8, 4) is 0 Å². The third-order valence-corrected chi connectivity index (χ3v) is 2.76. The molecule has 1 aromatic rings. The lowest BCUT2D eigenvalue weighted by molar-refractivity contribution is -0.384. The highest BCUT2D eigenvalue weighted by molar-refractivity contribution is 5.93. The van der Waals surface area contributed by atoms with Gasteiger partial charge in [-0.25, -0.2) is 10.3 Å². The SMILES string of the molecule is O=C(NO[C@H]1CCCCO1)c1ccc([N+](=O)[O-])cc1. The Labute approximate surface area is 109 Å². The predicted octanol–water partition coefficient (Wildman–Crippen LogP) is 1.78. The molecule has 0 aromatic heterocycles. The van der Waals surface area contributed by atoms with Crippen LogP contribution in [0.2, 0.25) is 0 Å². The van der Waals surface area contributed by atoms with E-state index in [4.69, 9.17) is 9.57 Å². The van der Waals surface area contributed by atoms with Crippen molar-refractivity contribution in [1.82, 2.24) is 5.48 Å². The minimum Gasteiger partial charge on any atom is -0.350 e. The molecule has 1 aliphatic heterocycles. The second-order valence-electron chi connectivity index (χ2n) is 4.15. The van der Waals surface area contributed by atoms with E-state index >= 15 is 0 Å². The van der Waals surface area contributed by atoms with E-state index in [0.717, 1.165) is 19.3 Å². The van der Waals surface area contributed by atoms with Gasteiger partial charge < -0.3 is 4.74 Å². The molecule has 0 spiro atoms. The number of rotatable bonds is 4. The molecule has 0 bridgehead atoms. The first-order valence-corrected chi connectivity index (χ1v) is 5.99. The zero-order valence-corrected chi connectivity index (χ0v) is 10.2. The van der Waals surface area contributed by atoms with Gasteiger partial charge >= 0.3 is 0 Å². The van der Waals surface area contributed by atoms with Crippen molar-refractivity contribution in [2.45, 2.75) is 25.6 Å². The molecule has 0 unspecified atom stereocenters. The summed E-state index contributed by atoms with van der Waals surface area (Å²) < 4.78 is 5.29. The Morgan fingerprint density at radius 1 is 1.37 bits per heavy atom. The number of nitro groups is 1. The molecule has 2 rings (SSSR count). The molecule has 1 saturated heterocycles. The zero-order chi connectivity index (χ0) is 13.7. The van der Waals surface area contributed by atoms with Gasteiger partial charge in [-0.3, -0.25) is 14.9 Å². The average molecular weight is 266 g/mol. The van der Waals surface area contributed by atoms with E-state index in [1.165, 1.54) is 24.3 Å². The van der Waals surface area contributed by atoms with Crippen molar-refractivity contribution in [3.05, 3.63) is 39.9 Å². The fourth-order valence-electron chi connectivity index (χ4n) is 1.72. The second kappa shape index (κ2) is 6.26. The van der Waals surface area contributed by atoms with Gasteiger partial charge in [-0.1, -0.05) is 0 Å². The first-order valence-electron chi connectivity index (χ1n) is 5.99. The van der Waals surface area contributed by atoms with E-state index in [1.807, 2.05) is 0 Å². The van der Waals surface area contributed by atoms with Crippen LogP contribution in [0.1, 0.15) is 29.6 Å². The molecule has 1 heterocycles. The van der Waals surface area contributed by atoms with Gasteiger partial charge in [0.2, 0.25) is 0 Å². The van der Waals surface area contributed by atoms with Crippen LogP contribution in [-0.4, -0.2) is 23.7 Å². The number of hydroxylamine groups is 1. The number of hydrogen-bond donors (Lipinski definition) is 1. The second-order valence-corrected chi connectivity index (χ2v) is 4.15. The van der Waals surface area contributed by atoms with Gasteiger partial charge in [-0.15, -0.1) is 0 Å². The molecule has 1 amide bonds. The number of amides is 1. The molecule has 1 aromatic carbocycles. The Kier molecular flexibility index (Phi) is 4.43. The number of benzene rings is 1. The quantitative estimate of drug-likeness (QED) is 0.662. The summed E-state index contributed by atoms with van der Waals surface area (Å²) in [6.45, 7) is 0.623. The lowest BCUT2D eigenvalue weighted by Gasteiger charge is -2.22. The summed E-state index contributed by atoms with van der Waals surface area (Å²) in [5.41, 5.74) is 2.51. The van der Waals surface area contributed by atoms with E-state index in [2.05, 4.69) is 5.48 Å². The first-order chi connectivity index (χ1) is 9.16. The van der Waals surface area contributed by atoms with Gasteiger partial charge in [-0.05, 0) is 25.0 Å². The summed E-state index contributed by atoms with van der Waals surface area (Å²) in [4.78, 5) is 26.8. The van der Waals surface area contributed by atoms with E-state index in [0.29, 0.717) is 12.2 Å². The van der Waals surface area contributed by atoms with Crippen LogP contribution < -0.4 is 5.48 Å². The number of nitrogens with zero attached hydrogens (tertiary/aromatic N) is 1. The number of non-ortho nitro benzene ring substituents is 1. The van der Waals surface area contributed by atoms with Gasteiger partial charge in [0.1, 0.15) is 0 Å². The Morgan fingerprint density at radius 3 is 2.68 bits per heavy atom. The van der Waals surface area contributed by atoms with E-state index in [9.17, 15) is 14.9 Å². The van der Waals surface area contributed by atoms with Crippen LogP contribution in [-0.2, 0) is 9.57 Å². The summed E-state index contributed by atoms with van der Waals surface area (Å²) in [5.74, 6) is -0.455. The van der Waals surface area contributed by atoms with Crippen molar-refractivity contribution in [1.29, 1.82) is 0 Å². The first kappa shape index (κ1) is 13.4. The van der Waals surface area contributed by atoms with Crippen LogP contribution in [0.25, 0.3) is 0 Å². The van der Waals surface area contributed by atoms with Gasteiger partial charge in [0, 0.05) is 30.7 Å². The summed E-state index contributed by atoms with van der Waals surface area (Å²) in [5, 5.41) is 10.5. The minimum atomic E-state index is -0.520. The van der Waals surface area contributed by atoms with Crippen molar-refractivity contribution in [2.75, 3.05) is 6.61 Å².